The molecule has 94 valence electrons. The summed E-state index contributed by atoms with van der Waals surface area (Å²) in [6.07, 6.45) is 0. The van der Waals surface area contributed by atoms with E-state index < -0.39 is 0 Å². The number of carbonyl (C=O) groups is 1. The van der Waals surface area contributed by atoms with Gasteiger partial charge in [-0.2, -0.15) is 0 Å². The molecule has 1 aromatic carbocycles. The van der Waals surface area contributed by atoms with Crippen LogP contribution >= 0.6 is 11.3 Å². The first-order valence-corrected chi connectivity index (χ1v) is 6.61. The molecule has 0 saturated heterocycles. The second kappa shape index (κ2) is 4.90. The third kappa shape index (κ3) is 2.59. The summed E-state index contributed by atoms with van der Waals surface area (Å²) in [6.45, 7) is 7.86. The lowest BCUT2D eigenvalue weighted by molar-refractivity contribution is 0.103. The zero-order valence-corrected chi connectivity index (χ0v) is 11.8. The molecule has 0 fully saturated rings. The second-order valence-electron chi connectivity index (χ2n) is 4.40. The molecule has 1 heterocycles. The number of nitrogens with one attached hydrogen (secondary N) is 1. The van der Waals surface area contributed by atoms with Crippen molar-refractivity contribution in [3.05, 3.63) is 44.9 Å². The van der Waals surface area contributed by atoms with E-state index in [2.05, 4.69) is 17.2 Å². The third-order valence-corrected chi connectivity index (χ3v) is 3.95. The Kier molecular flexibility index (Phi) is 3.48. The summed E-state index contributed by atoms with van der Waals surface area (Å²) in [5.41, 5.74) is 4.01. The van der Waals surface area contributed by atoms with Crippen molar-refractivity contribution in [2.45, 2.75) is 27.7 Å². The predicted molar refractivity (Wildman–Crippen MR) is 75.5 cm³/mol. The van der Waals surface area contributed by atoms with Gasteiger partial charge in [0.1, 0.15) is 4.88 Å². The molecule has 2 aromatic rings. The van der Waals surface area contributed by atoms with Gasteiger partial charge in [0, 0.05) is 5.69 Å². The number of benzene rings is 1. The highest BCUT2D eigenvalue weighted by atomic mass is 32.1. The fourth-order valence-corrected chi connectivity index (χ4v) is 2.56. The van der Waals surface area contributed by atoms with Crippen molar-refractivity contribution in [2.75, 3.05) is 5.32 Å². The summed E-state index contributed by atoms with van der Waals surface area (Å²) < 4.78 is 0. The first-order valence-electron chi connectivity index (χ1n) is 5.80. The Labute approximate surface area is 111 Å². The zero-order valence-electron chi connectivity index (χ0n) is 11.0. The summed E-state index contributed by atoms with van der Waals surface area (Å²) in [6, 6.07) is 5.91. The number of aromatic nitrogens is 1. The highest BCUT2D eigenvalue weighted by Gasteiger charge is 2.13. The Morgan fingerprint density at radius 3 is 2.44 bits per heavy atom. The zero-order chi connectivity index (χ0) is 13.3. The minimum atomic E-state index is -0.0821. The molecule has 18 heavy (non-hydrogen) atoms. The number of hydrogen-bond donors (Lipinski definition) is 1. The molecule has 0 spiro atoms. The van der Waals surface area contributed by atoms with E-state index in [4.69, 9.17) is 0 Å². The summed E-state index contributed by atoms with van der Waals surface area (Å²) in [7, 11) is 0. The lowest BCUT2D eigenvalue weighted by atomic mass is 10.1. The average Bonchev–Trinajstić information content (AvgIpc) is 2.63. The van der Waals surface area contributed by atoms with Crippen LogP contribution in [0.25, 0.3) is 0 Å². The van der Waals surface area contributed by atoms with Gasteiger partial charge in [-0.15, -0.1) is 11.3 Å². The maximum Gasteiger partial charge on any atom is 0.267 e. The minimum absolute atomic E-state index is 0.0821. The van der Waals surface area contributed by atoms with E-state index in [0.717, 1.165) is 16.4 Å². The second-order valence-corrected chi connectivity index (χ2v) is 5.60. The Hall–Kier alpha value is -1.68. The lowest BCUT2D eigenvalue weighted by Crippen LogP contribution is -2.11. The van der Waals surface area contributed by atoms with Gasteiger partial charge in [0.25, 0.3) is 5.91 Å². The van der Waals surface area contributed by atoms with E-state index in [1.807, 2.05) is 39.0 Å². The Morgan fingerprint density at radius 1 is 1.17 bits per heavy atom. The first-order chi connectivity index (χ1) is 8.47. The molecule has 1 aromatic heterocycles. The van der Waals surface area contributed by atoms with Crippen molar-refractivity contribution in [3.63, 3.8) is 0 Å². The predicted octanol–water partition coefficient (Wildman–Crippen LogP) is 3.63. The van der Waals surface area contributed by atoms with E-state index in [0.29, 0.717) is 4.88 Å². The van der Waals surface area contributed by atoms with Crippen molar-refractivity contribution in [3.8, 4) is 0 Å². The van der Waals surface area contributed by atoms with Crippen molar-refractivity contribution in [1.82, 2.24) is 4.98 Å². The van der Waals surface area contributed by atoms with Gasteiger partial charge in [0.05, 0.1) is 10.7 Å². The summed E-state index contributed by atoms with van der Waals surface area (Å²) in [5.74, 6) is -0.0821. The molecule has 0 aliphatic heterocycles. The molecule has 0 radical (unpaired) electrons. The highest BCUT2D eigenvalue weighted by molar-refractivity contribution is 7.13. The van der Waals surface area contributed by atoms with Gasteiger partial charge in [0.15, 0.2) is 0 Å². The molecule has 0 unspecified atom stereocenters. The maximum atomic E-state index is 12.1. The van der Waals surface area contributed by atoms with Gasteiger partial charge < -0.3 is 5.32 Å². The fourth-order valence-electron chi connectivity index (χ4n) is 1.75. The van der Waals surface area contributed by atoms with Gasteiger partial charge in [-0.3, -0.25) is 4.79 Å². The van der Waals surface area contributed by atoms with E-state index in [1.165, 1.54) is 22.5 Å². The number of rotatable bonds is 2. The molecule has 1 N–H and O–H groups in total. The Bertz CT molecular complexity index is 602. The van der Waals surface area contributed by atoms with Crippen LogP contribution < -0.4 is 5.32 Å². The molecule has 1 amide bonds. The summed E-state index contributed by atoms with van der Waals surface area (Å²) >= 11 is 1.43. The number of thiazole rings is 1. The molecular weight excluding hydrogens is 244 g/mol. The van der Waals surface area contributed by atoms with Gasteiger partial charge >= 0.3 is 0 Å². The maximum absolute atomic E-state index is 12.1. The van der Waals surface area contributed by atoms with Gasteiger partial charge in [0.2, 0.25) is 0 Å². The number of anilines is 1. The number of aryl methyl sites for hydroxylation is 4. The molecule has 0 aliphatic rings. The largest absolute Gasteiger partial charge is 0.321 e. The average molecular weight is 260 g/mol. The van der Waals surface area contributed by atoms with Crippen LogP contribution in [0.4, 0.5) is 5.69 Å². The normalized spacial score (nSPS) is 10.4. The summed E-state index contributed by atoms with van der Waals surface area (Å²) in [4.78, 5) is 17.1. The van der Waals surface area contributed by atoms with Crippen molar-refractivity contribution in [1.29, 1.82) is 0 Å². The molecule has 0 aliphatic carbocycles. The van der Waals surface area contributed by atoms with E-state index in [9.17, 15) is 4.79 Å². The number of amides is 1. The molecular formula is C14H16N2OS. The van der Waals surface area contributed by atoms with Gasteiger partial charge in [-0.1, -0.05) is 6.07 Å². The van der Waals surface area contributed by atoms with Crippen LogP contribution in [0.1, 0.15) is 31.5 Å². The third-order valence-electron chi connectivity index (χ3n) is 2.87. The monoisotopic (exact) mass is 260 g/mol. The number of nitrogens with zero attached hydrogens (tertiary/aromatic N) is 1. The fraction of sp³-hybridized carbons (Fsp3) is 0.286. The number of carbonyl (C=O) groups excluding carboxylic acids is 1. The SMILES string of the molecule is Cc1nc(C)c(C(=O)Nc2ccc(C)c(C)c2)s1. The molecule has 3 nitrogen and oxygen atoms in total. The van der Waals surface area contributed by atoms with Crippen LogP contribution in [0.3, 0.4) is 0 Å². The topological polar surface area (TPSA) is 42.0 Å². The van der Waals surface area contributed by atoms with Crippen molar-refractivity contribution in [2.24, 2.45) is 0 Å². The molecule has 2 rings (SSSR count). The van der Waals surface area contributed by atoms with E-state index >= 15 is 0 Å². The van der Waals surface area contributed by atoms with Crippen LogP contribution in [0.2, 0.25) is 0 Å². The van der Waals surface area contributed by atoms with Gasteiger partial charge in [-0.25, -0.2) is 4.98 Å². The Morgan fingerprint density at radius 2 is 1.89 bits per heavy atom. The van der Waals surface area contributed by atoms with Crippen LogP contribution in [0.15, 0.2) is 18.2 Å². The minimum Gasteiger partial charge on any atom is -0.321 e. The van der Waals surface area contributed by atoms with E-state index in [1.54, 1.807) is 0 Å². The molecule has 0 atom stereocenters. The van der Waals surface area contributed by atoms with Crippen LogP contribution in [0, 0.1) is 27.7 Å². The van der Waals surface area contributed by atoms with Crippen LogP contribution in [-0.2, 0) is 0 Å². The van der Waals surface area contributed by atoms with Crippen molar-refractivity contribution >= 4 is 22.9 Å². The number of hydrogen-bond acceptors (Lipinski definition) is 3. The van der Waals surface area contributed by atoms with E-state index in [-0.39, 0.29) is 5.91 Å². The lowest BCUT2D eigenvalue weighted by Gasteiger charge is -2.06. The van der Waals surface area contributed by atoms with Crippen molar-refractivity contribution < 1.29 is 4.79 Å². The molecule has 4 heteroatoms. The quantitative estimate of drug-likeness (QED) is 0.896. The summed E-state index contributed by atoms with van der Waals surface area (Å²) in [5, 5.41) is 3.83. The highest BCUT2D eigenvalue weighted by Crippen LogP contribution is 2.20. The van der Waals surface area contributed by atoms with Crippen LogP contribution in [-0.4, -0.2) is 10.9 Å². The van der Waals surface area contributed by atoms with Crippen LogP contribution in [0.5, 0.6) is 0 Å². The van der Waals surface area contributed by atoms with Gasteiger partial charge in [-0.05, 0) is 51.0 Å². The molecule has 0 bridgehead atoms. The standard InChI is InChI=1S/C14H16N2OS/c1-8-5-6-12(7-9(8)2)16-14(17)13-10(3)15-11(4)18-13/h5-7H,1-4H3,(H,16,17). The molecule has 0 saturated carbocycles. The smallest absolute Gasteiger partial charge is 0.267 e. The first kappa shape index (κ1) is 12.8. The Balaban J connectivity index is 2.21.